The number of nitrogens with zero attached hydrogens (tertiary/aromatic N) is 3. The highest BCUT2D eigenvalue weighted by molar-refractivity contribution is 5.98. The molecule has 2 N–H and O–H groups in total. The van der Waals surface area contributed by atoms with Crippen LogP contribution in [0.4, 0.5) is 5.95 Å². The fourth-order valence-corrected chi connectivity index (χ4v) is 3.98. The Hall–Kier alpha value is -2.31. The zero-order valence-corrected chi connectivity index (χ0v) is 14.9. The molecule has 136 valence electrons. The molecule has 6 heteroatoms. The van der Waals surface area contributed by atoms with E-state index in [0.717, 1.165) is 50.8 Å². The van der Waals surface area contributed by atoms with Gasteiger partial charge in [0.2, 0.25) is 5.95 Å². The average molecular weight is 353 g/mol. The fraction of sp³-hybridized carbons (Fsp3) is 0.450. The molecule has 0 unspecified atom stereocenters. The van der Waals surface area contributed by atoms with Crippen molar-refractivity contribution in [2.24, 2.45) is 0 Å². The molecule has 0 bridgehead atoms. The number of hydrogen-bond acceptors (Lipinski definition) is 5. The molecule has 1 fully saturated rings. The molecule has 2 heterocycles. The van der Waals surface area contributed by atoms with E-state index >= 15 is 0 Å². The van der Waals surface area contributed by atoms with Crippen molar-refractivity contribution in [2.75, 3.05) is 44.2 Å². The van der Waals surface area contributed by atoms with Gasteiger partial charge in [-0.2, -0.15) is 0 Å². The van der Waals surface area contributed by atoms with Crippen LogP contribution >= 0.6 is 0 Å². The van der Waals surface area contributed by atoms with Crippen LogP contribution in [-0.4, -0.2) is 60.2 Å². The number of rotatable bonds is 4. The summed E-state index contributed by atoms with van der Waals surface area (Å²) in [6, 6.07) is 10.2. The van der Waals surface area contributed by atoms with E-state index in [1.165, 1.54) is 10.5 Å². The topological polar surface area (TPSA) is 70.8 Å². The van der Waals surface area contributed by atoms with Crippen LogP contribution in [0.1, 0.15) is 34.0 Å². The van der Waals surface area contributed by atoms with Gasteiger partial charge in [0.25, 0.3) is 0 Å². The Bertz CT molecular complexity index is 773. The van der Waals surface area contributed by atoms with Gasteiger partial charge in [0, 0.05) is 12.6 Å². The van der Waals surface area contributed by atoms with Crippen LogP contribution < -0.4 is 9.80 Å². The smallest absolute Gasteiger partial charge is 0.225 e. The predicted octanol–water partition coefficient (Wildman–Crippen LogP) is 0.0865. The number of aliphatic hydroxyl groups is 1. The molecule has 1 aromatic carbocycles. The van der Waals surface area contributed by atoms with Gasteiger partial charge in [0.1, 0.15) is 6.54 Å². The van der Waals surface area contributed by atoms with Gasteiger partial charge in [-0.15, -0.1) is 0 Å². The second-order valence-corrected chi connectivity index (χ2v) is 7.18. The Kier molecular flexibility index (Phi) is 4.95. The van der Waals surface area contributed by atoms with Crippen molar-refractivity contribution in [1.82, 2.24) is 9.97 Å². The molecule has 6 nitrogen and oxygen atoms in total. The maximum Gasteiger partial charge on any atom is 0.225 e. The summed E-state index contributed by atoms with van der Waals surface area (Å²) in [5, 5.41) is 9.09. The second-order valence-electron chi connectivity index (χ2n) is 7.18. The number of quaternary nitrogens is 1. The lowest BCUT2D eigenvalue weighted by atomic mass is 9.82. The van der Waals surface area contributed by atoms with E-state index in [2.05, 4.69) is 22.0 Å². The summed E-state index contributed by atoms with van der Waals surface area (Å²) in [7, 11) is 0. The molecule has 2 aliphatic rings. The monoisotopic (exact) mass is 353 g/mol. The fourth-order valence-electron chi connectivity index (χ4n) is 3.98. The van der Waals surface area contributed by atoms with E-state index in [1.807, 2.05) is 18.2 Å². The largest absolute Gasteiger partial charge is 0.391 e. The zero-order valence-electron chi connectivity index (χ0n) is 14.9. The SMILES string of the molecule is O=C1C[C@@H](c2ccccc2)Cc2nc(N3CC[NH+](CCO)CC3)ncc21. The number of fused-ring (bicyclic) bond motifs is 1. The van der Waals surface area contributed by atoms with Gasteiger partial charge in [-0.05, 0) is 17.9 Å². The lowest BCUT2D eigenvalue weighted by Crippen LogP contribution is -3.15. The van der Waals surface area contributed by atoms with Gasteiger partial charge < -0.3 is 14.9 Å². The van der Waals surface area contributed by atoms with E-state index < -0.39 is 0 Å². The minimum absolute atomic E-state index is 0.142. The molecular weight excluding hydrogens is 328 g/mol. The summed E-state index contributed by atoms with van der Waals surface area (Å²) in [6.07, 6.45) is 3.04. The molecule has 1 aliphatic heterocycles. The number of anilines is 1. The average Bonchev–Trinajstić information content (AvgIpc) is 2.69. The lowest BCUT2D eigenvalue weighted by Gasteiger charge is -2.32. The van der Waals surface area contributed by atoms with Crippen molar-refractivity contribution in [3.63, 3.8) is 0 Å². The number of hydrogen-bond donors (Lipinski definition) is 2. The van der Waals surface area contributed by atoms with E-state index in [4.69, 9.17) is 10.1 Å². The minimum atomic E-state index is 0.142. The van der Waals surface area contributed by atoms with Crippen molar-refractivity contribution < 1.29 is 14.8 Å². The molecule has 0 spiro atoms. The second kappa shape index (κ2) is 7.51. The Balaban J connectivity index is 1.52. The van der Waals surface area contributed by atoms with E-state index in [1.54, 1.807) is 6.20 Å². The Morgan fingerprint density at radius 3 is 2.65 bits per heavy atom. The van der Waals surface area contributed by atoms with Gasteiger partial charge in [0.05, 0.1) is 44.0 Å². The summed E-state index contributed by atoms with van der Waals surface area (Å²) >= 11 is 0. The quantitative estimate of drug-likeness (QED) is 0.815. The van der Waals surface area contributed by atoms with Crippen molar-refractivity contribution in [3.8, 4) is 0 Å². The molecule has 26 heavy (non-hydrogen) atoms. The molecule has 2 aromatic rings. The standard InChI is InChI=1S/C20H24N4O2/c25-11-10-23-6-8-24(9-7-23)20-21-14-17-18(22-20)12-16(13-19(17)26)15-4-2-1-3-5-15/h1-5,14,16,25H,6-13H2/p+1/t16-/m0/s1. The third-order valence-corrected chi connectivity index (χ3v) is 5.52. The van der Waals surface area contributed by atoms with E-state index in [9.17, 15) is 4.79 Å². The molecule has 1 aromatic heterocycles. The van der Waals surface area contributed by atoms with Crippen LogP contribution in [-0.2, 0) is 6.42 Å². The summed E-state index contributed by atoms with van der Waals surface area (Å²) < 4.78 is 0. The first kappa shape index (κ1) is 17.1. The molecule has 1 saturated heterocycles. The van der Waals surface area contributed by atoms with Crippen molar-refractivity contribution in [1.29, 1.82) is 0 Å². The number of Topliss-reactive ketones (excluding diaryl/α,β-unsaturated/α-hetero) is 1. The first-order chi connectivity index (χ1) is 12.7. The van der Waals surface area contributed by atoms with Crippen molar-refractivity contribution >= 4 is 11.7 Å². The van der Waals surface area contributed by atoms with Crippen LogP contribution in [0.15, 0.2) is 36.5 Å². The number of carbonyl (C=O) groups excluding carboxylic acids is 1. The maximum atomic E-state index is 12.6. The van der Waals surface area contributed by atoms with Crippen molar-refractivity contribution in [3.05, 3.63) is 53.3 Å². The van der Waals surface area contributed by atoms with Gasteiger partial charge in [-0.1, -0.05) is 30.3 Å². The summed E-state index contributed by atoms with van der Waals surface area (Å²) in [4.78, 5) is 25.4. The number of benzene rings is 1. The number of aromatic nitrogens is 2. The normalized spacial score (nSPS) is 20.9. The molecule has 0 amide bonds. The van der Waals surface area contributed by atoms with Gasteiger partial charge in [-0.25, -0.2) is 9.97 Å². The van der Waals surface area contributed by atoms with Crippen LogP contribution in [0.5, 0.6) is 0 Å². The van der Waals surface area contributed by atoms with Crippen LogP contribution in [0.25, 0.3) is 0 Å². The summed E-state index contributed by atoms with van der Waals surface area (Å²) in [5.74, 6) is 1.07. The molecule has 0 saturated carbocycles. The zero-order chi connectivity index (χ0) is 17.9. The van der Waals surface area contributed by atoms with Crippen LogP contribution in [0.2, 0.25) is 0 Å². The summed E-state index contributed by atoms with van der Waals surface area (Å²) in [6.45, 7) is 4.74. The maximum absolute atomic E-state index is 12.6. The van der Waals surface area contributed by atoms with Crippen LogP contribution in [0.3, 0.4) is 0 Å². The first-order valence-corrected chi connectivity index (χ1v) is 9.38. The number of piperazine rings is 1. The summed E-state index contributed by atoms with van der Waals surface area (Å²) in [5.41, 5.74) is 2.77. The molecule has 0 radical (unpaired) electrons. The highest BCUT2D eigenvalue weighted by Crippen LogP contribution is 2.32. The van der Waals surface area contributed by atoms with Gasteiger partial charge in [0.15, 0.2) is 5.78 Å². The minimum Gasteiger partial charge on any atom is -0.391 e. The first-order valence-electron chi connectivity index (χ1n) is 9.38. The number of ketones is 1. The number of nitrogens with one attached hydrogen (secondary N) is 1. The Morgan fingerprint density at radius 1 is 1.15 bits per heavy atom. The van der Waals surface area contributed by atoms with E-state index in [-0.39, 0.29) is 18.3 Å². The number of aliphatic hydroxyl groups excluding tert-OH is 1. The van der Waals surface area contributed by atoms with Crippen molar-refractivity contribution in [2.45, 2.75) is 18.8 Å². The third-order valence-electron chi connectivity index (χ3n) is 5.52. The third kappa shape index (κ3) is 3.48. The molecule has 4 rings (SSSR count). The van der Waals surface area contributed by atoms with Gasteiger partial charge in [-0.3, -0.25) is 4.79 Å². The lowest BCUT2D eigenvalue weighted by molar-refractivity contribution is -0.900. The van der Waals surface area contributed by atoms with E-state index in [0.29, 0.717) is 12.0 Å². The molecule has 1 aliphatic carbocycles. The molecule has 1 atom stereocenters. The Morgan fingerprint density at radius 2 is 1.92 bits per heavy atom. The Labute approximate surface area is 153 Å². The highest BCUT2D eigenvalue weighted by atomic mass is 16.3. The molecular formula is C20H25N4O2+. The predicted molar refractivity (Wildman–Crippen MR) is 98.7 cm³/mol. The highest BCUT2D eigenvalue weighted by Gasteiger charge is 2.29. The van der Waals surface area contributed by atoms with Crippen LogP contribution in [0, 0.1) is 0 Å². The van der Waals surface area contributed by atoms with Gasteiger partial charge >= 0.3 is 0 Å². The number of carbonyl (C=O) groups is 1.